The van der Waals surface area contributed by atoms with Gasteiger partial charge in [0, 0.05) is 25.2 Å². The summed E-state index contributed by atoms with van der Waals surface area (Å²) in [7, 11) is -3.55. The second-order valence-electron chi connectivity index (χ2n) is 4.12. The fraction of sp³-hybridized carbons (Fsp3) is 0.364. The summed E-state index contributed by atoms with van der Waals surface area (Å²) in [6.45, 7) is 1.22. The Morgan fingerprint density at radius 3 is 2.62 bits per heavy atom. The van der Waals surface area contributed by atoms with Crippen molar-refractivity contribution in [3.63, 3.8) is 0 Å². The Kier molecular flexibility index (Phi) is 5.61. The summed E-state index contributed by atoms with van der Waals surface area (Å²) < 4.78 is 26.0. The van der Waals surface area contributed by atoms with Crippen LogP contribution in [0.5, 0.6) is 0 Å². The number of nitrogens with one attached hydrogen (secondary N) is 2. The fourth-order valence-corrected chi connectivity index (χ4v) is 1.88. The maximum absolute atomic E-state index is 11.0. The topological polar surface area (TPSA) is 128 Å². The van der Waals surface area contributed by atoms with Crippen LogP contribution < -0.4 is 10.6 Å². The average Bonchev–Trinajstić information content (AvgIpc) is 2.33. The lowest BCUT2D eigenvalue weighted by Crippen LogP contribution is -2.14. The van der Waals surface area contributed by atoms with Gasteiger partial charge in [-0.25, -0.2) is 0 Å². The maximum atomic E-state index is 11.0. The van der Waals surface area contributed by atoms with Crippen LogP contribution in [0.15, 0.2) is 18.2 Å². The standard InChI is InChI=1S/C11H15N3O6S/c1-8(15)13-9-3-4-10(11(7-9)14(16)17)12-5-6-20-21(2,18)19/h3-4,7,12H,5-6H2,1-2H3,(H,13,15). The lowest BCUT2D eigenvalue weighted by molar-refractivity contribution is -0.383. The van der Waals surface area contributed by atoms with Crippen molar-refractivity contribution >= 4 is 33.1 Å². The molecule has 0 radical (unpaired) electrons. The van der Waals surface area contributed by atoms with Gasteiger partial charge in [-0.15, -0.1) is 0 Å². The van der Waals surface area contributed by atoms with Gasteiger partial charge < -0.3 is 10.6 Å². The van der Waals surface area contributed by atoms with E-state index in [0.717, 1.165) is 6.26 Å². The zero-order valence-corrected chi connectivity index (χ0v) is 12.3. The van der Waals surface area contributed by atoms with Crippen LogP contribution >= 0.6 is 0 Å². The van der Waals surface area contributed by atoms with E-state index in [4.69, 9.17) is 0 Å². The highest BCUT2D eigenvalue weighted by Gasteiger charge is 2.15. The number of anilines is 2. The van der Waals surface area contributed by atoms with Crippen molar-refractivity contribution in [2.75, 3.05) is 30.0 Å². The molecule has 0 aliphatic rings. The molecule has 9 nitrogen and oxygen atoms in total. The Bertz CT molecular complexity index is 643. The number of benzene rings is 1. The van der Waals surface area contributed by atoms with Crippen molar-refractivity contribution in [3.05, 3.63) is 28.3 Å². The number of amides is 1. The highest BCUT2D eigenvalue weighted by atomic mass is 32.2. The summed E-state index contributed by atoms with van der Waals surface area (Å²) in [6.07, 6.45) is 0.914. The van der Waals surface area contributed by atoms with Gasteiger partial charge in [-0.2, -0.15) is 8.42 Å². The third kappa shape index (κ3) is 6.19. The van der Waals surface area contributed by atoms with E-state index in [1.54, 1.807) is 0 Å². The molecule has 1 aromatic rings. The van der Waals surface area contributed by atoms with Gasteiger partial charge in [0.25, 0.3) is 15.8 Å². The van der Waals surface area contributed by atoms with E-state index < -0.39 is 15.0 Å². The molecule has 0 aromatic heterocycles. The summed E-state index contributed by atoms with van der Waals surface area (Å²) in [5.41, 5.74) is 0.263. The smallest absolute Gasteiger partial charge is 0.294 e. The molecular formula is C11H15N3O6S. The van der Waals surface area contributed by atoms with Crippen LogP contribution in [0.1, 0.15) is 6.92 Å². The van der Waals surface area contributed by atoms with Gasteiger partial charge in [-0.1, -0.05) is 0 Å². The van der Waals surface area contributed by atoms with Crippen LogP contribution in [-0.4, -0.2) is 38.7 Å². The van der Waals surface area contributed by atoms with E-state index in [0.29, 0.717) is 5.69 Å². The summed E-state index contributed by atoms with van der Waals surface area (Å²) in [5, 5.41) is 16.1. The maximum Gasteiger partial charge on any atom is 0.294 e. The van der Waals surface area contributed by atoms with Crippen molar-refractivity contribution in [1.82, 2.24) is 0 Å². The minimum absolute atomic E-state index is 0.0768. The number of carbonyl (C=O) groups is 1. The van der Waals surface area contributed by atoms with E-state index >= 15 is 0 Å². The van der Waals surface area contributed by atoms with Gasteiger partial charge in [0.1, 0.15) is 5.69 Å². The van der Waals surface area contributed by atoms with E-state index in [9.17, 15) is 23.3 Å². The van der Waals surface area contributed by atoms with Crippen molar-refractivity contribution in [2.24, 2.45) is 0 Å². The number of nitrogens with zero attached hydrogens (tertiary/aromatic N) is 1. The molecule has 0 aliphatic heterocycles. The van der Waals surface area contributed by atoms with Crippen LogP contribution in [0.25, 0.3) is 0 Å². The molecule has 0 spiro atoms. The predicted octanol–water partition coefficient (Wildman–Crippen LogP) is 0.941. The Labute approximate surface area is 121 Å². The normalized spacial score (nSPS) is 11.0. The first-order chi connectivity index (χ1) is 9.69. The summed E-state index contributed by atoms with van der Waals surface area (Å²) in [6, 6.07) is 4.12. The average molecular weight is 317 g/mol. The Morgan fingerprint density at radius 1 is 1.43 bits per heavy atom. The van der Waals surface area contributed by atoms with Crippen molar-refractivity contribution in [2.45, 2.75) is 6.92 Å². The quantitative estimate of drug-likeness (QED) is 0.331. The number of hydrogen-bond acceptors (Lipinski definition) is 7. The largest absolute Gasteiger partial charge is 0.377 e. The molecule has 2 N–H and O–H groups in total. The number of nitro groups is 1. The van der Waals surface area contributed by atoms with Gasteiger partial charge in [0.2, 0.25) is 5.91 Å². The second-order valence-corrected chi connectivity index (χ2v) is 5.77. The molecule has 0 saturated carbocycles. The SMILES string of the molecule is CC(=O)Nc1ccc(NCCOS(C)(=O)=O)c([N+](=O)[O-])c1. The van der Waals surface area contributed by atoms with E-state index in [1.807, 2.05) is 0 Å². The molecule has 21 heavy (non-hydrogen) atoms. The van der Waals surface area contributed by atoms with E-state index in [2.05, 4.69) is 14.8 Å². The van der Waals surface area contributed by atoms with Crippen molar-refractivity contribution in [3.8, 4) is 0 Å². The third-order valence-corrected chi connectivity index (χ3v) is 2.82. The minimum Gasteiger partial charge on any atom is -0.377 e. The number of carbonyl (C=O) groups excluding carboxylic acids is 1. The molecule has 0 saturated heterocycles. The van der Waals surface area contributed by atoms with E-state index in [1.165, 1.54) is 25.1 Å². The van der Waals surface area contributed by atoms with Crippen molar-refractivity contribution in [1.29, 1.82) is 0 Å². The molecule has 0 aliphatic carbocycles. The molecule has 0 bridgehead atoms. The van der Waals surface area contributed by atoms with Crippen LogP contribution in [0.4, 0.5) is 17.1 Å². The monoisotopic (exact) mass is 317 g/mol. The molecule has 116 valence electrons. The lowest BCUT2D eigenvalue weighted by Gasteiger charge is -2.09. The fourth-order valence-electron chi connectivity index (χ4n) is 1.49. The molecule has 10 heteroatoms. The second kappa shape index (κ2) is 6.99. The van der Waals surface area contributed by atoms with Gasteiger partial charge in [-0.05, 0) is 12.1 Å². The molecule has 0 heterocycles. The molecule has 1 aromatic carbocycles. The zero-order chi connectivity index (χ0) is 16.0. The van der Waals surface area contributed by atoms with Gasteiger partial charge in [0.05, 0.1) is 17.8 Å². The first kappa shape index (κ1) is 16.9. The van der Waals surface area contributed by atoms with E-state index in [-0.39, 0.29) is 30.4 Å². The Hall–Kier alpha value is -2.20. The molecule has 1 rings (SSSR count). The predicted molar refractivity (Wildman–Crippen MR) is 76.7 cm³/mol. The van der Waals surface area contributed by atoms with Gasteiger partial charge in [-0.3, -0.25) is 19.1 Å². The molecule has 0 unspecified atom stereocenters. The van der Waals surface area contributed by atoms with Crippen molar-refractivity contribution < 1.29 is 22.3 Å². The Balaban J connectivity index is 2.77. The highest BCUT2D eigenvalue weighted by molar-refractivity contribution is 7.85. The first-order valence-corrected chi connectivity index (χ1v) is 7.65. The van der Waals surface area contributed by atoms with Gasteiger partial charge >= 0.3 is 0 Å². The minimum atomic E-state index is -3.55. The van der Waals surface area contributed by atoms with Crippen LogP contribution in [0.3, 0.4) is 0 Å². The molecule has 0 atom stereocenters. The van der Waals surface area contributed by atoms with Crippen LogP contribution in [-0.2, 0) is 19.1 Å². The van der Waals surface area contributed by atoms with Gasteiger partial charge in [0.15, 0.2) is 0 Å². The highest BCUT2D eigenvalue weighted by Crippen LogP contribution is 2.27. The molecule has 0 fully saturated rings. The summed E-state index contributed by atoms with van der Waals surface area (Å²) >= 11 is 0. The molecule has 1 amide bonds. The zero-order valence-electron chi connectivity index (χ0n) is 11.5. The lowest BCUT2D eigenvalue weighted by atomic mass is 10.2. The Morgan fingerprint density at radius 2 is 2.10 bits per heavy atom. The number of nitro benzene ring substituents is 1. The molecular weight excluding hydrogens is 302 g/mol. The van der Waals surface area contributed by atoms with Crippen LogP contribution in [0, 0.1) is 10.1 Å². The van der Waals surface area contributed by atoms with Crippen LogP contribution in [0.2, 0.25) is 0 Å². The summed E-state index contributed by atoms with van der Waals surface area (Å²) in [5.74, 6) is -0.341. The number of hydrogen-bond donors (Lipinski definition) is 2. The third-order valence-electron chi connectivity index (χ3n) is 2.23. The summed E-state index contributed by atoms with van der Waals surface area (Å²) in [4.78, 5) is 21.3. The number of rotatable bonds is 7. The first-order valence-electron chi connectivity index (χ1n) is 5.83.